The zero-order chi connectivity index (χ0) is 25.6. The summed E-state index contributed by atoms with van der Waals surface area (Å²) in [5.74, 6) is 1.21. The summed E-state index contributed by atoms with van der Waals surface area (Å²) in [6.45, 7) is 1.09. The molecule has 2 heterocycles. The van der Waals surface area contributed by atoms with E-state index in [1.54, 1.807) is 10.7 Å². The van der Waals surface area contributed by atoms with Crippen molar-refractivity contribution in [2.45, 2.75) is 18.0 Å². The van der Waals surface area contributed by atoms with Crippen molar-refractivity contribution in [1.29, 1.82) is 0 Å². The van der Waals surface area contributed by atoms with Crippen molar-refractivity contribution in [2.75, 3.05) is 11.1 Å². The lowest BCUT2D eigenvalue weighted by Gasteiger charge is -2.12. The molecule has 0 saturated heterocycles. The molecular formula is C28H23BrClN5OS. The lowest BCUT2D eigenvalue weighted by molar-refractivity contribution is -0.118. The first-order chi connectivity index (χ1) is 18.1. The number of carbonyl (C=O) groups excluding carboxylic acids is 1. The van der Waals surface area contributed by atoms with Gasteiger partial charge in [0.25, 0.3) is 0 Å². The minimum atomic E-state index is 0.0148. The largest absolute Gasteiger partial charge is 0.366 e. The lowest BCUT2D eigenvalue weighted by atomic mass is 10.1. The fourth-order valence-electron chi connectivity index (χ4n) is 3.75. The molecule has 9 heteroatoms. The summed E-state index contributed by atoms with van der Waals surface area (Å²) in [5.41, 5.74) is 4.47. The molecule has 186 valence electrons. The highest BCUT2D eigenvalue weighted by atomic mass is 79.9. The van der Waals surface area contributed by atoms with Crippen molar-refractivity contribution in [3.63, 3.8) is 0 Å². The molecule has 0 spiro atoms. The summed E-state index contributed by atoms with van der Waals surface area (Å²) in [5, 5.41) is 11.5. The first-order valence-electron chi connectivity index (χ1n) is 11.6. The number of carbonyl (C=O) groups is 1. The third-order valence-electron chi connectivity index (χ3n) is 5.68. The standard InChI is InChI=1S/C28H23BrClN5OS/c29-23-17-33-35-26(14-25(34-28(23)35)22-8-4-5-9-24(22)30)31-15-19-10-12-20(13-11-19)16-32-27(36)18-37-21-6-2-1-3-7-21/h1-14,17,31H,15-16,18H2,(H,32,36). The number of nitrogens with zero attached hydrogens (tertiary/aromatic N) is 3. The SMILES string of the molecule is O=C(CSc1ccccc1)NCc1ccc(CNc2cc(-c3ccccc3Cl)nc3c(Br)cnn23)cc1. The van der Waals surface area contributed by atoms with Gasteiger partial charge in [-0.2, -0.15) is 9.61 Å². The van der Waals surface area contributed by atoms with E-state index in [1.807, 2.05) is 72.8 Å². The Kier molecular flexibility index (Phi) is 8.08. The molecule has 0 fully saturated rings. The second-order valence-corrected chi connectivity index (χ2v) is 10.6. The van der Waals surface area contributed by atoms with Crippen molar-refractivity contribution < 1.29 is 4.79 Å². The Balaban J connectivity index is 1.21. The number of aromatic nitrogens is 3. The van der Waals surface area contributed by atoms with E-state index in [2.05, 4.69) is 43.8 Å². The van der Waals surface area contributed by atoms with Crippen LogP contribution in [0.3, 0.4) is 0 Å². The maximum Gasteiger partial charge on any atom is 0.230 e. The number of amides is 1. The van der Waals surface area contributed by atoms with Gasteiger partial charge in [-0.1, -0.05) is 72.3 Å². The molecule has 0 unspecified atom stereocenters. The summed E-state index contributed by atoms with van der Waals surface area (Å²) in [7, 11) is 0. The van der Waals surface area contributed by atoms with Crippen molar-refractivity contribution >= 4 is 56.7 Å². The number of hydrogen-bond donors (Lipinski definition) is 2. The van der Waals surface area contributed by atoms with E-state index in [0.717, 1.165) is 37.6 Å². The monoisotopic (exact) mass is 591 g/mol. The van der Waals surface area contributed by atoms with Crippen LogP contribution < -0.4 is 10.6 Å². The van der Waals surface area contributed by atoms with Gasteiger partial charge in [0.2, 0.25) is 5.91 Å². The van der Waals surface area contributed by atoms with E-state index >= 15 is 0 Å². The van der Waals surface area contributed by atoms with Crippen molar-refractivity contribution in [1.82, 2.24) is 19.9 Å². The number of benzene rings is 3. The molecule has 37 heavy (non-hydrogen) atoms. The summed E-state index contributed by atoms with van der Waals surface area (Å²) in [6, 6.07) is 27.7. The van der Waals surface area contributed by atoms with Gasteiger partial charge in [0.1, 0.15) is 5.82 Å². The molecule has 0 atom stereocenters. The van der Waals surface area contributed by atoms with E-state index in [0.29, 0.717) is 29.5 Å². The highest BCUT2D eigenvalue weighted by molar-refractivity contribution is 9.10. The second-order valence-electron chi connectivity index (χ2n) is 8.28. The summed E-state index contributed by atoms with van der Waals surface area (Å²) in [4.78, 5) is 18.0. The molecule has 6 nitrogen and oxygen atoms in total. The number of rotatable bonds is 9. The molecule has 0 aliphatic rings. The third kappa shape index (κ3) is 6.33. The summed E-state index contributed by atoms with van der Waals surface area (Å²) >= 11 is 11.5. The highest BCUT2D eigenvalue weighted by Gasteiger charge is 2.13. The van der Waals surface area contributed by atoms with Crippen LogP contribution in [0.4, 0.5) is 5.82 Å². The average Bonchev–Trinajstić information content (AvgIpc) is 3.31. The van der Waals surface area contributed by atoms with Gasteiger partial charge in [-0.25, -0.2) is 4.98 Å². The fraction of sp³-hybridized carbons (Fsp3) is 0.107. The van der Waals surface area contributed by atoms with Crippen molar-refractivity contribution in [3.05, 3.63) is 112 Å². The summed E-state index contributed by atoms with van der Waals surface area (Å²) in [6.07, 6.45) is 1.73. The first kappa shape index (κ1) is 25.3. The van der Waals surface area contributed by atoms with Crippen LogP contribution in [0, 0.1) is 0 Å². The van der Waals surface area contributed by atoms with Crippen molar-refractivity contribution in [2.24, 2.45) is 0 Å². The minimum Gasteiger partial charge on any atom is -0.366 e. The number of thioether (sulfide) groups is 1. The Labute approximate surface area is 232 Å². The molecule has 0 bridgehead atoms. The van der Waals surface area contributed by atoms with Crippen LogP contribution in [0.15, 0.2) is 100 Å². The van der Waals surface area contributed by atoms with Crippen LogP contribution in [-0.2, 0) is 17.9 Å². The molecule has 2 N–H and O–H groups in total. The highest BCUT2D eigenvalue weighted by Crippen LogP contribution is 2.30. The Morgan fingerprint density at radius 3 is 2.41 bits per heavy atom. The Morgan fingerprint density at radius 1 is 0.946 bits per heavy atom. The zero-order valence-electron chi connectivity index (χ0n) is 19.7. The van der Waals surface area contributed by atoms with Gasteiger partial charge < -0.3 is 10.6 Å². The summed E-state index contributed by atoms with van der Waals surface area (Å²) < 4.78 is 2.57. The predicted molar refractivity (Wildman–Crippen MR) is 154 cm³/mol. The fourth-order valence-corrected chi connectivity index (χ4v) is 5.08. The van der Waals surface area contributed by atoms with E-state index < -0.39 is 0 Å². The molecule has 0 radical (unpaired) electrons. The van der Waals surface area contributed by atoms with Gasteiger partial charge in [-0.05, 0) is 45.3 Å². The second kappa shape index (κ2) is 11.8. The van der Waals surface area contributed by atoms with Crippen LogP contribution in [0.1, 0.15) is 11.1 Å². The Bertz CT molecular complexity index is 1530. The molecule has 0 aliphatic carbocycles. The quantitative estimate of drug-likeness (QED) is 0.184. The number of nitrogens with one attached hydrogen (secondary N) is 2. The molecule has 0 saturated carbocycles. The van der Waals surface area contributed by atoms with Crippen LogP contribution >= 0.6 is 39.3 Å². The number of hydrogen-bond acceptors (Lipinski definition) is 5. The number of fused-ring (bicyclic) bond motifs is 1. The average molecular weight is 593 g/mol. The van der Waals surface area contributed by atoms with Crippen molar-refractivity contribution in [3.8, 4) is 11.3 Å². The van der Waals surface area contributed by atoms with Gasteiger partial charge in [-0.3, -0.25) is 4.79 Å². The van der Waals surface area contributed by atoms with E-state index in [-0.39, 0.29) is 5.91 Å². The smallest absolute Gasteiger partial charge is 0.230 e. The van der Waals surface area contributed by atoms with Gasteiger partial charge in [0.05, 0.1) is 22.1 Å². The molecule has 0 aliphatic heterocycles. The van der Waals surface area contributed by atoms with Crippen LogP contribution in [0.25, 0.3) is 16.9 Å². The van der Waals surface area contributed by atoms with Crippen LogP contribution in [0.5, 0.6) is 0 Å². The van der Waals surface area contributed by atoms with Gasteiger partial charge in [0, 0.05) is 34.6 Å². The minimum absolute atomic E-state index is 0.0148. The maximum absolute atomic E-state index is 12.2. The van der Waals surface area contributed by atoms with Crippen LogP contribution in [0.2, 0.25) is 5.02 Å². The molecule has 5 aromatic rings. The molecule has 5 rings (SSSR count). The topological polar surface area (TPSA) is 71.3 Å². The van der Waals surface area contributed by atoms with Gasteiger partial charge in [0.15, 0.2) is 5.65 Å². The Morgan fingerprint density at radius 2 is 1.65 bits per heavy atom. The molecule has 2 aromatic heterocycles. The van der Waals surface area contributed by atoms with E-state index in [4.69, 9.17) is 16.6 Å². The number of anilines is 1. The maximum atomic E-state index is 12.2. The van der Waals surface area contributed by atoms with Crippen LogP contribution in [-0.4, -0.2) is 26.3 Å². The van der Waals surface area contributed by atoms with E-state index in [1.165, 1.54) is 11.8 Å². The van der Waals surface area contributed by atoms with E-state index in [9.17, 15) is 4.79 Å². The van der Waals surface area contributed by atoms with Gasteiger partial charge >= 0.3 is 0 Å². The predicted octanol–water partition coefficient (Wildman–Crippen LogP) is 6.83. The first-order valence-corrected chi connectivity index (χ1v) is 13.8. The molecule has 1 amide bonds. The lowest BCUT2D eigenvalue weighted by Crippen LogP contribution is -2.24. The Hall–Kier alpha value is -3.33. The number of halogens is 2. The molecular weight excluding hydrogens is 570 g/mol. The zero-order valence-corrected chi connectivity index (χ0v) is 22.9. The normalized spacial score (nSPS) is 11.0. The van der Waals surface area contributed by atoms with Gasteiger partial charge in [-0.15, -0.1) is 11.8 Å². The molecule has 3 aromatic carbocycles. The third-order valence-corrected chi connectivity index (χ3v) is 7.58.